The van der Waals surface area contributed by atoms with Crippen LogP contribution in [0.3, 0.4) is 0 Å². The molecular weight excluding hydrogens is 504 g/mol. The van der Waals surface area contributed by atoms with E-state index in [-0.39, 0.29) is 35.2 Å². The number of halogens is 1. The highest BCUT2D eigenvalue weighted by Gasteiger charge is 2.43. The van der Waals surface area contributed by atoms with E-state index in [2.05, 4.69) is 5.32 Å². The van der Waals surface area contributed by atoms with Crippen LogP contribution in [0.2, 0.25) is 5.02 Å². The Morgan fingerprint density at radius 2 is 1.81 bits per heavy atom. The summed E-state index contributed by atoms with van der Waals surface area (Å²) < 4.78 is 27.9. The molecule has 3 atom stereocenters. The minimum atomic E-state index is -3.95. The molecule has 2 aromatic carbocycles. The Labute approximate surface area is 216 Å². The molecule has 194 valence electrons. The fourth-order valence-corrected chi connectivity index (χ4v) is 6.64. The Bertz CT molecular complexity index is 1300. The summed E-state index contributed by atoms with van der Waals surface area (Å²) >= 11 is 6.03. The van der Waals surface area contributed by atoms with Gasteiger partial charge in [0.05, 0.1) is 4.90 Å². The summed E-state index contributed by atoms with van der Waals surface area (Å²) in [6.07, 6.45) is 1.86. The molecular formula is C25H31ClN4O5S. The number of piperidine rings is 1. The predicted molar refractivity (Wildman–Crippen MR) is 137 cm³/mol. The largest absolute Gasteiger partial charge is 0.352 e. The molecule has 3 unspecified atom stereocenters. The molecule has 36 heavy (non-hydrogen) atoms. The molecule has 9 nitrogen and oxygen atoms in total. The molecule has 1 N–H and O–H groups in total. The highest BCUT2D eigenvalue weighted by Crippen LogP contribution is 2.28. The minimum Gasteiger partial charge on any atom is -0.352 e. The average molecular weight is 535 g/mol. The lowest BCUT2D eigenvalue weighted by atomic mass is 10.0. The van der Waals surface area contributed by atoms with E-state index < -0.39 is 22.1 Å². The van der Waals surface area contributed by atoms with Crippen LogP contribution in [0.25, 0.3) is 10.8 Å². The zero-order chi connectivity index (χ0) is 26.2. The van der Waals surface area contributed by atoms with Crippen molar-refractivity contribution >= 4 is 50.1 Å². The zero-order valence-corrected chi connectivity index (χ0v) is 22.2. The maximum absolute atomic E-state index is 13.4. The molecule has 2 aromatic rings. The van der Waals surface area contributed by atoms with Crippen LogP contribution in [0.5, 0.6) is 0 Å². The summed E-state index contributed by atoms with van der Waals surface area (Å²) in [6.45, 7) is 4.37. The number of likely N-dealkylation sites (N-methyl/N-ethyl adjacent to an activating group) is 1. The molecule has 0 spiro atoms. The summed E-state index contributed by atoms with van der Waals surface area (Å²) in [6, 6.07) is 8.26. The van der Waals surface area contributed by atoms with Crippen molar-refractivity contribution in [2.75, 3.05) is 26.7 Å². The molecule has 0 saturated carbocycles. The van der Waals surface area contributed by atoms with Gasteiger partial charge in [0.2, 0.25) is 27.7 Å². The molecule has 11 heteroatoms. The van der Waals surface area contributed by atoms with Crippen molar-refractivity contribution in [2.45, 2.75) is 56.1 Å². The number of carbonyl (C=O) groups is 3. The van der Waals surface area contributed by atoms with Gasteiger partial charge in [-0.25, -0.2) is 8.42 Å². The zero-order valence-electron chi connectivity index (χ0n) is 20.6. The third-order valence-electron chi connectivity index (χ3n) is 7.07. The van der Waals surface area contributed by atoms with E-state index >= 15 is 0 Å². The number of fused-ring (bicyclic) bond motifs is 1. The Morgan fingerprint density at radius 3 is 2.53 bits per heavy atom. The third-order valence-corrected chi connectivity index (χ3v) is 9.16. The van der Waals surface area contributed by atoms with Crippen LogP contribution in [0.1, 0.15) is 33.1 Å². The maximum Gasteiger partial charge on any atom is 0.245 e. The molecule has 0 radical (unpaired) electrons. The summed E-state index contributed by atoms with van der Waals surface area (Å²) in [5.41, 5.74) is 0. The summed E-state index contributed by atoms with van der Waals surface area (Å²) in [7, 11) is -2.54. The highest BCUT2D eigenvalue weighted by atomic mass is 35.5. The lowest BCUT2D eigenvalue weighted by molar-refractivity contribution is -0.144. The van der Waals surface area contributed by atoms with Crippen molar-refractivity contribution in [3.8, 4) is 0 Å². The number of nitrogens with zero attached hydrogens (tertiary/aromatic N) is 3. The van der Waals surface area contributed by atoms with Gasteiger partial charge in [-0.1, -0.05) is 23.7 Å². The molecule has 3 amide bonds. The lowest BCUT2D eigenvalue weighted by Gasteiger charge is -2.36. The van der Waals surface area contributed by atoms with Gasteiger partial charge in [-0.3, -0.25) is 14.4 Å². The number of nitrogens with one attached hydrogen (secondary N) is 1. The number of likely N-dealkylation sites (tertiary alicyclic amines) is 2. The van der Waals surface area contributed by atoms with Crippen LogP contribution in [0.4, 0.5) is 0 Å². The molecule has 2 aliphatic heterocycles. The van der Waals surface area contributed by atoms with Crippen molar-refractivity contribution in [1.29, 1.82) is 0 Å². The van der Waals surface area contributed by atoms with E-state index in [1.807, 2.05) is 0 Å². The maximum atomic E-state index is 13.4. The van der Waals surface area contributed by atoms with E-state index in [1.165, 1.54) is 24.9 Å². The normalized spacial score (nSPS) is 21.8. The number of amides is 3. The van der Waals surface area contributed by atoms with Gasteiger partial charge in [0.25, 0.3) is 0 Å². The predicted octanol–water partition coefficient (Wildman–Crippen LogP) is 2.23. The van der Waals surface area contributed by atoms with Gasteiger partial charge in [-0.05, 0) is 61.2 Å². The first kappa shape index (κ1) is 26.4. The second-order valence-electron chi connectivity index (χ2n) is 9.51. The van der Waals surface area contributed by atoms with Gasteiger partial charge in [-0.15, -0.1) is 0 Å². The smallest absolute Gasteiger partial charge is 0.245 e. The number of carbonyl (C=O) groups excluding carboxylic acids is 3. The number of hydrogen-bond donors (Lipinski definition) is 1. The average Bonchev–Trinajstić information content (AvgIpc) is 3.22. The molecule has 2 saturated heterocycles. The first-order valence-electron chi connectivity index (χ1n) is 12.0. The third kappa shape index (κ3) is 5.21. The summed E-state index contributed by atoms with van der Waals surface area (Å²) in [5, 5.41) is 4.97. The van der Waals surface area contributed by atoms with Gasteiger partial charge in [0.1, 0.15) is 12.1 Å². The number of hydrogen-bond acceptors (Lipinski definition) is 5. The van der Waals surface area contributed by atoms with Gasteiger partial charge >= 0.3 is 0 Å². The van der Waals surface area contributed by atoms with Crippen molar-refractivity contribution in [3.05, 3.63) is 41.4 Å². The van der Waals surface area contributed by atoms with Crippen LogP contribution >= 0.6 is 11.6 Å². The van der Waals surface area contributed by atoms with Crippen molar-refractivity contribution in [2.24, 2.45) is 0 Å². The second-order valence-corrected chi connectivity index (χ2v) is 11.9. The summed E-state index contributed by atoms with van der Waals surface area (Å²) in [4.78, 5) is 41.1. The molecule has 0 bridgehead atoms. The highest BCUT2D eigenvalue weighted by molar-refractivity contribution is 7.89. The van der Waals surface area contributed by atoms with Crippen LogP contribution in [-0.2, 0) is 24.4 Å². The molecule has 2 aliphatic rings. The van der Waals surface area contributed by atoms with E-state index in [0.717, 1.165) is 27.9 Å². The first-order valence-corrected chi connectivity index (χ1v) is 13.8. The molecule has 2 fully saturated rings. The fraction of sp³-hybridized carbons (Fsp3) is 0.480. The van der Waals surface area contributed by atoms with Crippen molar-refractivity contribution < 1.29 is 22.8 Å². The lowest BCUT2D eigenvalue weighted by Crippen LogP contribution is -2.55. The topological polar surface area (TPSA) is 107 Å². The Kier molecular flexibility index (Phi) is 7.59. The number of rotatable bonds is 6. The summed E-state index contributed by atoms with van der Waals surface area (Å²) in [5.74, 6) is -0.720. The van der Waals surface area contributed by atoms with Crippen LogP contribution < -0.4 is 5.32 Å². The van der Waals surface area contributed by atoms with Crippen LogP contribution in [-0.4, -0.2) is 85.1 Å². The molecule has 0 aromatic heterocycles. The Balaban J connectivity index is 1.46. The second kappa shape index (κ2) is 10.4. The fourth-order valence-electron chi connectivity index (χ4n) is 5.08. The quantitative estimate of drug-likeness (QED) is 0.611. The molecule has 2 heterocycles. The minimum absolute atomic E-state index is 0.0903. The Morgan fingerprint density at radius 1 is 1.11 bits per heavy atom. The van der Waals surface area contributed by atoms with E-state index in [9.17, 15) is 22.8 Å². The Hall–Kier alpha value is -2.69. The van der Waals surface area contributed by atoms with E-state index in [0.29, 0.717) is 24.5 Å². The number of sulfonamides is 1. The van der Waals surface area contributed by atoms with Crippen LogP contribution in [0.15, 0.2) is 41.3 Å². The molecule has 0 aliphatic carbocycles. The van der Waals surface area contributed by atoms with Gasteiger partial charge < -0.3 is 15.1 Å². The molecule has 4 rings (SSSR count). The van der Waals surface area contributed by atoms with Crippen LogP contribution in [0, 0.1) is 0 Å². The van der Waals surface area contributed by atoms with Gasteiger partial charge in [0, 0.05) is 44.7 Å². The van der Waals surface area contributed by atoms with Crippen molar-refractivity contribution in [1.82, 2.24) is 19.4 Å². The first-order chi connectivity index (χ1) is 17.0. The van der Waals surface area contributed by atoms with E-state index in [1.54, 1.807) is 42.2 Å². The van der Waals surface area contributed by atoms with Crippen molar-refractivity contribution in [3.63, 3.8) is 0 Å². The monoisotopic (exact) mass is 534 g/mol. The van der Waals surface area contributed by atoms with Gasteiger partial charge in [-0.2, -0.15) is 4.31 Å². The van der Waals surface area contributed by atoms with E-state index in [4.69, 9.17) is 11.6 Å². The standard InChI is InChI=1S/C25H31ClN4O5S/c1-16(24(32)29-11-4-5-21(15-29)27-17(2)31)30-12-10-23(25(30)33)28(3)36(34,35)22-9-7-18-13-20(26)8-6-19(18)14-22/h6-9,13-14,16,21,23H,4-5,10-12,15H2,1-3H3,(H,27,31). The van der Waals surface area contributed by atoms with Gasteiger partial charge in [0.15, 0.2) is 0 Å². The number of benzene rings is 2. The SMILES string of the molecule is CC(=O)NC1CCCN(C(=O)C(C)N2CCC(N(C)S(=O)(=O)c3ccc4cc(Cl)ccc4c3)C2=O)C1.